The summed E-state index contributed by atoms with van der Waals surface area (Å²) in [6.07, 6.45) is 5.66. The number of nitrogens with zero attached hydrogens (tertiary/aromatic N) is 1. The van der Waals surface area contributed by atoms with Crippen molar-refractivity contribution in [2.45, 2.75) is 45.4 Å². The number of halogens is 1. The molecule has 0 aromatic heterocycles. The number of nitrogens with two attached hydrogens (primary N) is 1. The molecule has 0 aliphatic heterocycles. The predicted octanol–water partition coefficient (Wildman–Crippen LogP) is 3.48. The van der Waals surface area contributed by atoms with E-state index in [4.69, 9.17) is 5.73 Å². The molecule has 2 rings (SSSR count). The van der Waals surface area contributed by atoms with Crippen LogP contribution in [-0.4, -0.2) is 19.0 Å². The molecule has 0 atom stereocenters. The maximum Gasteiger partial charge on any atom is 0.233 e. The van der Waals surface area contributed by atoms with E-state index in [2.05, 4.69) is 6.92 Å². The summed E-state index contributed by atoms with van der Waals surface area (Å²) in [5.74, 6) is -0.170. The second kappa shape index (κ2) is 7.03. The summed E-state index contributed by atoms with van der Waals surface area (Å²) in [5, 5.41) is 0. The van der Waals surface area contributed by atoms with Crippen molar-refractivity contribution < 1.29 is 9.18 Å². The lowest BCUT2D eigenvalue weighted by Gasteiger charge is -2.34. The van der Waals surface area contributed by atoms with Gasteiger partial charge >= 0.3 is 0 Å². The Balaban J connectivity index is 2.28. The lowest BCUT2D eigenvalue weighted by atomic mass is 9.81. The van der Waals surface area contributed by atoms with Crippen molar-refractivity contribution in [2.75, 3.05) is 18.0 Å². The molecule has 1 aromatic carbocycles. The van der Waals surface area contributed by atoms with Crippen molar-refractivity contribution in [2.24, 2.45) is 11.1 Å². The Hall–Kier alpha value is -1.42. The molecule has 0 radical (unpaired) electrons. The zero-order chi connectivity index (χ0) is 15.3. The molecule has 0 unspecified atom stereocenters. The molecule has 1 aliphatic carbocycles. The number of carbonyl (C=O) groups excluding carboxylic acids is 1. The molecule has 116 valence electrons. The highest BCUT2D eigenvalue weighted by atomic mass is 19.1. The summed E-state index contributed by atoms with van der Waals surface area (Å²) in [7, 11) is 0. The summed E-state index contributed by atoms with van der Waals surface area (Å²) in [4.78, 5) is 14.8. The normalized spacial score (nSPS) is 16.9. The van der Waals surface area contributed by atoms with Crippen LogP contribution >= 0.6 is 0 Å². The maximum atomic E-state index is 13.5. The minimum atomic E-state index is -0.310. The lowest BCUT2D eigenvalue weighted by Crippen LogP contribution is -2.43. The van der Waals surface area contributed by atoms with E-state index in [9.17, 15) is 9.18 Å². The van der Waals surface area contributed by atoms with Gasteiger partial charge in [-0.1, -0.05) is 25.8 Å². The number of amides is 1. The number of benzene rings is 1. The van der Waals surface area contributed by atoms with E-state index in [1.807, 2.05) is 0 Å². The van der Waals surface area contributed by atoms with Crippen LogP contribution in [0.4, 0.5) is 10.1 Å². The maximum absolute atomic E-state index is 13.5. The molecule has 2 N–H and O–H groups in total. The molecule has 3 nitrogen and oxygen atoms in total. The smallest absolute Gasteiger partial charge is 0.233 e. The third-order valence-corrected chi connectivity index (χ3v) is 4.64. The number of hydrogen-bond acceptors (Lipinski definition) is 2. The van der Waals surface area contributed by atoms with Gasteiger partial charge in [0.1, 0.15) is 5.82 Å². The summed E-state index contributed by atoms with van der Waals surface area (Å²) in [5.41, 5.74) is 5.98. The van der Waals surface area contributed by atoms with Gasteiger partial charge in [0.25, 0.3) is 0 Å². The average molecular weight is 292 g/mol. The van der Waals surface area contributed by atoms with Gasteiger partial charge in [-0.3, -0.25) is 4.79 Å². The predicted molar refractivity (Wildman–Crippen MR) is 83.6 cm³/mol. The highest BCUT2D eigenvalue weighted by Crippen LogP contribution is 2.43. The largest absolute Gasteiger partial charge is 0.330 e. The summed E-state index contributed by atoms with van der Waals surface area (Å²) in [6, 6.07) is 6.30. The van der Waals surface area contributed by atoms with Crippen LogP contribution in [0.15, 0.2) is 24.3 Å². The fraction of sp³-hybridized carbons (Fsp3) is 0.588. The van der Waals surface area contributed by atoms with Crippen molar-refractivity contribution in [3.63, 3.8) is 0 Å². The van der Waals surface area contributed by atoms with Crippen LogP contribution in [0.1, 0.15) is 45.4 Å². The molecule has 1 saturated carbocycles. The standard InChI is InChI=1S/C17H25FN2O/c1-2-17(9-3-4-10-17)16(21)20(12-6-11-19)15-8-5-7-14(18)13-15/h5,7-8,13H,2-4,6,9-12,19H2,1H3. The second-order valence-electron chi connectivity index (χ2n) is 5.92. The molecule has 0 heterocycles. The molecule has 1 aromatic rings. The second-order valence-corrected chi connectivity index (χ2v) is 5.92. The molecule has 1 fully saturated rings. The van der Waals surface area contributed by atoms with Gasteiger partial charge in [-0.15, -0.1) is 0 Å². The number of hydrogen-bond donors (Lipinski definition) is 1. The van der Waals surface area contributed by atoms with Gasteiger partial charge in [0.15, 0.2) is 0 Å². The Morgan fingerprint density at radius 2 is 2.10 bits per heavy atom. The highest BCUT2D eigenvalue weighted by Gasteiger charge is 2.42. The molecule has 0 bridgehead atoms. The van der Waals surface area contributed by atoms with Crippen LogP contribution in [0.3, 0.4) is 0 Å². The van der Waals surface area contributed by atoms with Crippen LogP contribution in [0, 0.1) is 11.2 Å². The molecule has 0 saturated heterocycles. The molecular weight excluding hydrogens is 267 g/mol. The Morgan fingerprint density at radius 1 is 1.38 bits per heavy atom. The van der Waals surface area contributed by atoms with Gasteiger partial charge in [-0.25, -0.2) is 4.39 Å². The van der Waals surface area contributed by atoms with E-state index in [0.717, 1.165) is 38.5 Å². The lowest BCUT2D eigenvalue weighted by molar-refractivity contribution is -0.128. The summed E-state index contributed by atoms with van der Waals surface area (Å²) in [6.45, 7) is 3.16. The average Bonchev–Trinajstić information content (AvgIpc) is 2.97. The van der Waals surface area contributed by atoms with Gasteiger partial charge in [0, 0.05) is 17.6 Å². The van der Waals surface area contributed by atoms with E-state index in [0.29, 0.717) is 18.8 Å². The molecule has 0 spiro atoms. The third kappa shape index (κ3) is 3.43. The van der Waals surface area contributed by atoms with Crippen molar-refractivity contribution in [1.82, 2.24) is 0 Å². The molecule has 21 heavy (non-hydrogen) atoms. The van der Waals surface area contributed by atoms with Crippen LogP contribution in [0.25, 0.3) is 0 Å². The third-order valence-electron chi connectivity index (χ3n) is 4.64. The van der Waals surface area contributed by atoms with Crippen molar-refractivity contribution >= 4 is 11.6 Å². The van der Waals surface area contributed by atoms with E-state index in [-0.39, 0.29) is 17.1 Å². The van der Waals surface area contributed by atoms with E-state index >= 15 is 0 Å². The summed E-state index contributed by atoms with van der Waals surface area (Å²) < 4.78 is 13.5. The van der Waals surface area contributed by atoms with Crippen LogP contribution in [0.2, 0.25) is 0 Å². The first-order valence-corrected chi connectivity index (χ1v) is 7.90. The van der Waals surface area contributed by atoms with Gasteiger partial charge in [0.2, 0.25) is 5.91 Å². The summed E-state index contributed by atoms with van der Waals surface area (Å²) >= 11 is 0. The minimum Gasteiger partial charge on any atom is -0.330 e. The highest BCUT2D eigenvalue weighted by molar-refractivity contribution is 5.97. The van der Waals surface area contributed by atoms with Crippen molar-refractivity contribution in [3.8, 4) is 0 Å². The van der Waals surface area contributed by atoms with Crippen LogP contribution < -0.4 is 10.6 Å². The number of anilines is 1. The Morgan fingerprint density at radius 3 is 2.67 bits per heavy atom. The number of rotatable bonds is 6. The molecule has 4 heteroatoms. The van der Waals surface area contributed by atoms with Crippen LogP contribution in [0.5, 0.6) is 0 Å². The Bertz CT molecular complexity index is 483. The van der Waals surface area contributed by atoms with Gasteiger partial charge < -0.3 is 10.6 Å². The first-order chi connectivity index (χ1) is 10.1. The first-order valence-electron chi connectivity index (χ1n) is 7.90. The zero-order valence-corrected chi connectivity index (χ0v) is 12.8. The topological polar surface area (TPSA) is 46.3 Å². The zero-order valence-electron chi connectivity index (χ0n) is 12.8. The monoisotopic (exact) mass is 292 g/mol. The number of carbonyl (C=O) groups is 1. The molecular formula is C17H25FN2O. The van der Waals surface area contributed by atoms with E-state index in [1.165, 1.54) is 12.1 Å². The van der Waals surface area contributed by atoms with Gasteiger partial charge in [0.05, 0.1) is 0 Å². The molecule has 1 amide bonds. The van der Waals surface area contributed by atoms with Gasteiger partial charge in [-0.05, 0) is 50.4 Å². The quantitative estimate of drug-likeness (QED) is 0.872. The fourth-order valence-electron chi connectivity index (χ4n) is 3.30. The molecule has 1 aliphatic rings. The minimum absolute atomic E-state index is 0.140. The van der Waals surface area contributed by atoms with Crippen molar-refractivity contribution in [3.05, 3.63) is 30.1 Å². The first kappa shape index (κ1) is 16.0. The Labute approximate surface area is 126 Å². The van der Waals surface area contributed by atoms with E-state index < -0.39 is 0 Å². The van der Waals surface area contributed by atoms with E-state index in [1.54, 1.807) is 17.0 Å². The van der Waals surface area contributed by atoms with Crippen molar-refractivity contribution in [1.29, 1.82) is 0 Å². The van der Waals surface area contributed by atoms with Crippen LogP contribution in [-0.2, 0) is 4.79 Å². The SMILES string of the molecule is CCC1(C(=O)N(CCCN)c2cccc(F)c2)CCCC1. The fourth-order valence-corrected chi connectivity index (χ4v) is 3.30. The Kier molecular flexibility index (Phi) is 5.34. The van der Waals surface area contributed by atoms with Gasteiger partial charge in [-0.2, -0.15) is 0 Å².